The molecule has 0 radical (unpaired) electrons. The van der Waals surface area contributed by atoms with Gasteiger partial charge in [-0.05, 0) is 27.4 Å². The summed E-state index contributed by atoms with van der Waals surface area (Å²) in [7, 11) is -0.811. The van der Waals surface area contributed by atoms with Crippen LogP contribution in [0.3, 0.4) is 0 Å². The zero-order chi connectivity index (χ0) is 13.5. The van der Waals surface area contributed by atoms with Gasteiger partial charge in [0.1, 0.15) is 0 Å². The Bertz CT molecular complexity index is 188. The van der Waals surface area contributed by atoms with Gasteiger partial charge in [-0.3, -0.25) is 0 Å². The van der Waals surface area contributed by atoms with Crippen LogP contribution >= 0.6 is 8.15 Å². The summed E-state index contributed by atoms with van der Waals surface area (Å²) < 4.78 is 11.2. The van der Waals surface area contributed by atoms with Crippen molar-refractivity contribution in [2.45, 2.75) is 32.7 Å². The van der Waals surface area contributed by atoms with E-state index in [0.29, 0.717) is 0 Å². The highest BCUT2D eigenvalue weighted by molar-refractivity contribution is 7.52. The minimum absolute atomic E-state index is 0.0150. The van der Waals surface area contributed by atoms with Crippen LogP contribution in [-0.2, 0) is 9.26 Å². The lowest BCUT2D eigenvalue weighted by atomic mass is 9.93. The molecule has 0 aliphatic rings. The maximum Gasteiger partial charge on any atom is 0.0986 e. The highest BCUT2D eigenvalue weighted by atomic mass is 31.1. The predicted octanol–water partition coefficient (Wildman–Crippen LogP) is 0.764. The summed E-state index contributed by atoms with van der Waals surface area (Å²) in [4.78, 5) is 0. The Balaban J connectivity index is 4.16. The normalized spacial score (nSPS) is 16.2. The Morgan fingerprint density at radius 2 is 1.53 bits per heavy atom. The van der Waals surface area contributed by atoms with Crippen molar-refractivity contribution >= 4 is 8.15 Å². The molecule has 0 bridgehead atoms. The number of aliphatic hydroxyl groups excluding tert-OH is 3. The van der Waals surface area contributed by atoms with Gasteiger partial charge in [0, 0.05) is 0 Å². The number of hydrogen-bond acceptors (Lipinski definition) is 5. The molecule has 2 unspecified atom stereocenters. The SMILES string of the molecule is CC(C)OC(C)P(C)OCC(CO)(CO)CO. The van der Waals surface area contributed by atoms with Gasteiger partial charge in [-0.15, -0.1) is 0 Å². The van der Waals surface area contributed by atoms with Gasteiger partial charge in [0.15, 0.2) is 0 Å². The largest absolute Gasteiger partial charge is 0.396 e. The highest BCUT2D eigenvalue weighted by Crippen LogP contribution is 2.40. The molecule has 0 saturated heterocycles. The lowest BCUT2D eigenvalue weighted by Crippen LogP contribution is -2.38. The third-order valence-corrected chi connectivity index (χ3v) is 4.24. The summed E-state index contributed by atoms with van der Waals surface area (Å²) in [6, 6.07) is 0. The summed E-state index contributed by atoms with van der Waals surface area (Å²) in [5.41, 5.74) is -0.964. The molecule has 0 amide bonds. The fourth-order valence-corrected chi connectivity index (χ4v) is 2.21. The van der Waals surface area contributed by atoms with E-state index in [4.69, 9.17) is 24.6 Å². The van der Waals surface area contributed by atoms with Crippen LogP contribution < -0.4 is 0 Å². The van der Waals surface area contributed by atoms with Crippen molar-refractivity contribution in [1.29, 1.82) is 0 Å². The minimum Gasteiger partial charge on any atom is -0.396 e. The summed E-state index contributed by atoms with van der Waals surface area (Å²) in [5, 5.41) is 27.4. The first kappa shape index (κ1) is 17.2. The zero-order valence-electron chi connectivity index (χ0n) is 11.1. The van der Waals surface area contributed by atoms with E-state index in [1.165, 1.54) is 0 Å². The van der Waals surface area contributed by atoms with E-state index in [1.54, 1.807) is 0 Å². The van der Waals surface area contributed by atoms with Gasteiger partial charge in [0.05, 0.1) is 51.9 Å². The van der Waals surface area contributed by atoms with E-state index in [2.05, 4.69) is 0 Å². The molecule has 0 aromatic carbocycles. The first-order chi connectivity index (χ1) is 7.90. The van der Waals surface area contributed by atoms with E-state index < -0.39 is 13.6 Å². The van der Waals surface area contributed by atoms with Crippen LogP contribution in [-0.4, -0.2) is 60.4 Å². The standard InChI is InChI=1S/C11H25O5P/c1-9(2)16-10(3)17(4)15-8-11(5-12,6-13)7-14/h9-10,12-14H,5-8H2,1-4H3. The third-order valence-electron chi connectivity index (χ3n) is 2.56. The maximum absolute atomic E-state index is 9.15. The number of hydrogen-bond donors (Lipinski definition) is 3. The van der Waals surface area contributed by atoms with E-state index in [9.17, 15) is 0 Å². The summed E-state index contributed by atoms with van der Waals surface area (Å²) >= 11 is 0. The molecule has 2 atom stereocenters. The van der Waals surface area contributed by atoms with Crippen molar-refractivity contribution in [3.63, 3.8) is 0 Å². The fourth-order valence-electron chi connectivity index (χ4n) is 1.11. The summed E-state index contributed by atoms with van der Waals surface area (Å²) in [6.07, 6.45) is 0.136. The van der Waals surface area contributed by atoms with E-state index in [-0.39, 0.29) is 38.4 Å². The van der Waals surface area contributed by atoms with Crippen LogP contribution in [0, 0.1) is 5.41 Å². The van der Waals surface area contributed by atoms with Crippen LogP contribution in [0.5, 0.6) is 0 Å². The molecule has 0 heterocycles. The smallest absolute Gasteiger partial charge is 0.0986 e. The van der Waals surface area contributed by atoms with Gasteiger partial charge in [0.25, 0.3) is 0 Å². The van der Waals surface area contributed by atoms with Crippen LogP contribution in [0.2, 0.25) is 0 Å². The third kappa shape index (κ3) is 6.09. The molecule has 0 spiro atoms. The quantitative estimate of drug-likeness (QED) is 0.538. The number of ether oxygens (including phenoxy) is 1. The molecule has 0 saturated carbocycles. The molecule has 0 aliphatic heterocycles. The molecule has 104 valence electrons. The topological polar surface area (TPSA) is 79.2 Å². The molecule has 6 heteroatoms. The van der Waals surface area contributed by atoms with Gasteiger partial charge in [-0.1, -0.05) is 0 Å². The Hall–Kier alpha value is 0.230. The lowest BCUT2D eigenvalue weighted by Gasteiger charge is -2.30. The van der Waals surface area contributed by atoms with Gasteiger partial charge < -0.3 is 24.6 Å². The molecule has 0 aromatic rings. The second-order valence-electron chi connectivity index (χ2n) is 4.58. The maximum atomic E-state index is 9.15. The molecule has 0 aliphatic carbocycles. The van der Waals surface area contributed by atoms with Crippen LogP contribution in [0.1, 0.15) is 20.8 Å². The van der Waals surface area contributed by atoms with Crippen molar-refractivity contribution in [2.24, 2.45) is 5.41 Å². The van der Waals surface area contributed by atoms with E-state index in [1.807, 2.05) is 27.4 Å². The Kier molecular flexibility index (Phi) is 8.47. The van der Waals surface area contributed by atoms with E-state index in [0.717, 1.165) is 0 Å². The summed E-state index contributed by atoms with van der Waals surface area (Å²) in [5.74, 6) is -0.0150. The minimum atomic E-state index is -0.964. The van der Waals surface area contributed by atoms with Crippen molar-refractivity contribution < 1.29 is 24.6 Å². The first-order valence-electron chi connectivity index (χ1n) is 5.74. The molecule has 5 nitrogen and oxygen atoms in total. The van der Waals surface area contributed by atoms with E-state index >= 15 is 0 Å². The molecule has 3 N–H and O–H groups in total. The molecule has 0 aromatic heterocycles. The number of rotatable bonds is 9. The monoisotopic (exact) mass is 268 g/mol. The van der Waals surface area contributed by atoms with Crippen molar-refractivity contribution in [2.75, 3.05) is 33.1 Å². The predicted molar refractivity (Wildman–Crippen MR) is 68.2 cm³/mol. The second kappa shape index (κ2) is 8.35. The van der Waals surface area contributed by atoms with Gasteiger partial charge >= 0.3 is 0 Å². The summed E-state index contributed by atoms with van der Waals surface area (Å²) in [6.45, 7) is 7.00. The van der Waals surface area contributed by atoms with Crippen LogP contribution in [0.25, 0.3) is 0 Å². The molecular formula is C11H25O5P. The first-order valence-corrected chi connectivity index (χ1v) is 7.52. The Morgan fingerprint density at radius 1 is 1.06 bits per heavy atom. The number of aliphatic hydroxyl groups is 3. The van der Waals surface area contributed by atoms with Crippen molar-refractivity contribution in [1.82, 2.24) is 0 Å². The lowest BCUT2D eigenvalue weighted by molar-refractivity contribution is -0.0260. The molecule has 0 fully saturated rings. The van der Waals surface area contributed by atoms with Gasteiger partial charge in [0.2, 0.25) is 0 Å². The highest BCUT2D eigenvalue weighted by Gasteiger charge is 2.30. The molecule has 17 heavy (non-hydrogen) atoms. The van der Waals surface area contributed by atoms with Crippen LogP contribution in [0.15, 0.2) is 0 Å². The average molecular weight is 268 g/mol. The average Bonchev–Trinajstić information content (AvgIpc) is 2.30. The Morgan fingerprint density at radius 3 is 1.88 bits per heavy atom. The van der Waals surface area contributed by atoms with Crippen LogP contribution in [0.4, 0.5) is 0 Å². The van der Waals surface area contributed by atoms with Gasteiger partial charge in [-0.25, -0.2) is 0 Å². The van der Waals surface area contributed by atoms with Crippen molar-refractivity contribution in [3.8, 4) is 0 Å². The zero-order valence-corrected chi connectivity index (χ0v) is 12.0. The Labute approximate surface area is 105 Å². The second-order valence-corrected chi connectivity index (χ2v) is 6.66. The van der Waals surface area contributed by atoms with Gasteiger partial charge in [-0.2, -0.15) is 0 Å². The fraction of sp³-hybridized carbons (Fsp3) is 1.00. The molecular weight excluding hydrogens is 243 g/mol. The molecule has 0 rings (SSSR count). The van der Waals surface area contributed by atoms with Crippen molar-refractivity contribution in [3.05, 3.63) is 0 Å².